The molecule has 1 aromatic carbocycles. The molecule has 0 bridgehead atoms. The smallest absolute Gasteiger partial charge is 0.392 e. The van der Waals surface area contributed by atoms with E-state index in [1.54, 1.807) is 0 Å². The number of rotatable bonds is 6. The van der Waals surface area contributed by atoms with Crippen molar-refractivity contribution in [2.24, 2.45) is 5.16 Å². The molecule has 0 aliphatic carbocycles. The van der Waals surface area contributed by atoms with Crippen molar-refractivity contribution in [2.75, 3.05) is 26.2 Å². The lowest BCUT2D eigenvalue weighted by Gasteiger charge is -2.27. The van der Waals surface area contributed by atoms with Gasteiger partial charge in [-0.2, -0.15) is 13.2 Å². The molecular weight excluding hydrogens is 345 g/mol. The zero-order valence-corrected chi connectivity index (χ0v) is 13.9. The molecule has 1 saturated heterocycles. The highest BCUT2D eigenvalue weighted by molar-refractivity contribution is 6.69. The van der Waals surface area contributed by atoms with Crippen LogP contribution < -0.4 is 0 Å². The Hall–Kier alpha value is -1.31. The summed E-state index contributed by atoms with van der Waals surface area (Å²) in [6.07, 6.45) is -1.73. The van der Waals surface area contributed by atoms with Crippen LogP contribution in [-0.4, -0.2) is 47.5 Å². The molecule has 0 spiro atoms. The molecule has 4 nitrogen and oxygen atoms in total. The maximum atomic E-state index is 12.7. The summed E-state index contributed by atoms with van der Waals surface area (Å²) >= 11 is 5.87. The van der Waals surface area contributed by atoms with Gasteiger partial charge >= 0.3 is 6.18 Å². The Morgan fingerprint density at radius 2 is 2.00 bits per heavy atom. The molecule has 1 aliphatic rings. The summed E-state index contributed by atoms with van der Waals surface area (Å²) in [5.74, 6) is 0. The molecule has 1 fully saturated rings. The molecule has 1 N–H and O–H groups in total. The number of hydrogen-bond donors (Lipinski definition) is 1. The van der Waals surface area contributed by atoms with E-state index in [0.29, 0.717) is 6.54 Å². The molecule has 0 radical (unpaired) electrons. The molecule has 0 amide bonds. The van der Waals surface area contributed by atoms with Gasteiger partial charge in [0.1, 0.15) is 12.7 Å². The first kappa shape index (κ1) is 19.0. The van der Waals surface area contributed by atoms with Crippen molar-refractivity contribution in [1.29, 1.82) is 0 Å². The monoisotopic (exact) mass is 364 g/mol. The Morgan fingerprint density at radius 1 is 1.29 bits per heavy atom. The van der Waals surface area contributed by atoms with Crippen LogP contribution in [0, 0.1) is 0 Å². The minimum absolute atomic E-state index is 0.0638. The predicted molar refractivity (Wildman–Crippen MR) is 86.1 cm³/mol. The fourth-order valence-electron chi connectivity index (χ4n) is 2.55. The molecule has 8 heteroatoms. The van der Waals surface area contributed by atoms with Crippen LogP contribution in [0.2, 0.25) is 0 Å². The van der Waals surface area contributed by atoms with Gasteiger partial charge in [0.05, 0.1) is 5.56 Å². The number of aliphatic hydroxyl groups is 1. The average molecular weight is 365 g/mol. The average Bonchev–Trinajstić information content (AvgIpc) is 2.55. The highest BCUT2D eigenvalue weighted by atomic mass is 35.5. The van der Waals surface area contributed by atoms with E-state index in [2.05, 4.69) is 10.1 Å². The number of halogens is 4. The van der Waals surface area contributed by atoms with Gasteiger partial charge in [-0.15, -0.1) is 0 Å². The number of aliphatic hydroxyl groups excluding tert-OH is 1. The van der Waals surface area contributed by atoms with Gasteiger partial charge in [0.15, 0.2) is 5.17 Å². The van der Waals surface area contributed by atoms with E-state index in [1.165, 1.54) is 18.6 Å². The van der Waals surface area contributed by atoms with Crippen LogP contribution in [0.5, 0.6) is 0 Å². The minimum Gasteiger partial charge on any atom is -0.392 e. The summed E-state index contributed by atoms with van der Waals surface area (Å²) in [6.45, 7) is 2.32. The van der Waals surface area contributed by atoms with Gasteiger partial charge < -0.3 is 14.8 Å². The summed E-state index contributed by atoms with van der Waals surface area (Å²) in [4.78, 5) is 7.13. The highest BCUT2D eigenvalue weighted by Crippen LogP contribution is 2.29. The lowest BCUT2D eigenvalue weighted by Crippen LogP contribution is -2.38. The van der Waals surface area contributed by atoms with Crippen LogP contribution in [0.25, 0.3) is 0 Å². The largest absolute Gasteiger partial charge is 0.416 e. The molecular formula is C16H20ClF3N2O2. The fourth-order valence-corrected chi connectivity index (χ4v) is 2.72. The Balaban J connectivity index is 1.85. The van der Waals surface area contributed by atoms with Gasteiger partial charge in [0, 0.05) is 12.1 Å². The van der Waals surface area contributed by atoms with Crippen LogP contribution in [0.4, 0.5) is 13.2 Å². The molecule has 1 unspecified atom stereocenters. The van der Waals surface area contributed by atoms with Crippen LogP contribution in [-0.2, 0) is 11.0 Å². The lowest BCUT2D eigenvalue weighted by molar-refractivity contribution is -0.137. The Bertz CT molecular complexity index is 560. The van der Waals surface area contributed by atoms with Crippen molar-refractivity contribution in [2.45, 2.75) is 31.5 Å². The molecule has 1 aliphatic heterocycles. The van der Waals surface area contributed by atoms with E-state index in [9.17, 15) is 18.3 Å². The third-order valence-corrected chi connectivity index (χ3v) is 4.04. The van der Waals surface area contributed by atoms with Crippen molar-refractivity contribution in [3.05, 3.63) is 35.4 Å². The summed E-state index contributed by atoms with van der Waals surface area (Å²) in [5.41, 5.74) is -0.699. The summed E-state index contributed by atoms with van der Waals surface area (Å²) in [5, 5.41) is 13.3. The van der Waals surface area contributed by atoms with Gasteiger partial charge in [-0.25, -0.2) is 0 Å². The normalized spacial score (nSPS) is 18.5. The molecule has 1 atom stereocenters. The van der Waals surface area contributed by atoms with Crippen LogP contribution in [0.15, 0.2) is 29.4 Å². The van der Waals surface area contributed by atoms with Crippen molar-refractivity contribution >= 4 is 16.8 Å². The fraction of sp³-hybridized carbons (Fsp3) is 0.562. The standard InChI is InChI=1S/C16H20ClF3N2O2/c17-15(12-5-4-6-13(9-12)16(18,19)20)21-24-11-14(23)10-22-7-2-1-3-8-22/h4-6,9,14,23H,1-3,7-8,10-11H2. The molecule has 1 heterocycles. The van der Waals surface area contributed by atoms with Gasteiger partial charge in [-0.05, 0) is 38.1 Å². The van der Waals surface area contributed by atoms with Crippen LogP contribution in [0.3, 0.4) is 0 Å². The second-order valence-electron chi connectivity index (χ2n) is 5.77. The number of oxime groups is 1. The summed E-state index contributed by atoms with van der Waals surface area (Å²) < 4.78 is 38.0. The van der Waals surface area contributed by atoms with E-state index < -0.39 is 17.8 Å². The highest BCUT2D eigenvalue weighted by Gasteiger charge is 2.30. The summed E-state index contributed by atoms with van der Waals surface area (Å²) in [6, 6.07) is 4.52. The van der Waals surface area contributed by atoms with Gasteiger partial charge in [0.2, 0.25) is 0 Å². The molecule has 1 aromatic rings. The Kier molecular flexibility index (Phi) is 6.89. The topological polar surface area (TPSA) is 45.1 Å². The number of alkyl halides is 3. The number of nitrogens with zero attached hydrogens (tertiary/aromatic N) is 2. The van der Waals surface area contributed by atoms with E-state index in [0.717, 1.165) is 38.1 Å². The molecule has 134 valence electrons. The van der Waals surface area contributed by atoms with Crippen molar-refractivity contribution in [1.82, 2.24) is 4.90 Å². The summed E-state index contributed by atoms with van der Waals surface area (Å²) in [7, 11) is 0. The SMILES string of the molecule is OC(CON=C(Cl)c1cccc(C(F)(F)F)c1)CN1CCCCC1. The molecule has 0 saturated carbocycles. The van der Waals surface area contributed by atoms with Crippen molar-refractivity contribution < 1.29 is 23.1 Å². The Morgan fingerprint density at radius 3 is 2.67 bits per heavy atom. The third-order valence-electron chi connectivity index (χ3n) is 3.76. The third kappa shape index (κ3) is 5.96. The zero-order chi connectivity index (χ0) is 17.6. The first-order chi connectivity index (χ1) is 11.4. The second-order valence-corrected chi connectivity index (χ2v) is 6.13. The van der Waals surface area contributed by atoms with Gasteiger partial charge in [-0.3, -0.25) is 0 Å². The number of piperidine rings is 1. The zero-order valence-electron chi connectivity index (χ0n) is 13.1. The molecule has 24 heavy (non-hydrogen) atoms. The lowest BCUT2D eigenvalue weighted by atomic mass is 10.1. The van der Waals surface area contributed by atoms with Crippen LogP contribution in [0.1, 0.15) is 30.4 Å². The molecule has 0 aromatic heterocycles. The maximum absolute atomic E-state index is 12.7. The molecule has 2 rings (SSSR count). The van der Waals surface area contributed by atoms with Gasteiger partial charge in [-0.1, -0.05) is 35.3 Å². The van der Waals surface area contributed by atoms with E-state index in [1.807, 2.05) is 0 Å². The number of hydrogen-bond acceptors (Lipinski definition) is 4. The second kappa shape index (κ2) is 8.69. The maximum Gasteiger partial charge on any atom is 0.416 e. The van der Waals surface area contributed by atoms with E-state index in [-0.39, 0.29) is 17.3 Å². The van der Waals surface area contributed by atoms with E-state index in [4.69, 9.17) is 16.4 Å². The Labute approximate surface area is 143 Å². The first-order valence-corrected chi connectivity index (χ1v) is 8.17. The minimum atomic E-state index is -4.45. The van der Waals surface area contributed by atoms with Crippen molar-refractivity contribution in [3.63, 3.8) is 0 Å². The quantitative estimate of drug-likeness (QED) is 0.621. The van der Waals surface area contributed by atoms with Crippen LogP contribution >= 0.6 is 11.6 Å². The predicted octanol–water partition coefficient (Wildman–Crippen LogP) is 3.47. The number of β-amino-alcohol motifs (C(OH)–C–C–N with tert-alkyl or cyclic N) is 1. The first-order valence-electron chi connectivity index (χ1n) is 7.80. The van der Waals surface area contributed by atoms with Gasteiger partial charge in [0.25, 0.3) is 0 Å². The number of likely N-dealkylation sites (tertiary alicyclic amines) is 1. The number of benzene rings is 1. The van der Waals surface area contributed by atoms with Crippen molar-refractivity contribution in [3.8, 4) is 0 Å². The van der Waals surface area contributed by atoms with E-state index >= 15 is 0 Å².